The molecule has 2 aromatic carbocycles. The lowest BCUT2D eigenvalue weighted by molar-refractivity contribution is -0.143. The third kappa shape index (κ3) is 9.20. The molecular weight excluding hydrogens is 699 g/mol. The maximum Gasteiger partial charge on any atom is 0.416 e. The van der Waals surface area contributed by atoms with Crippen LogP contribution in [0, 0.1) is 0 Å². The summed E-state index contributed by atoms with van der Waals surface area (Å²) in [6.07, 6.45) is -14.6. The minimum Gasteiger partial charge on any atom is -0.449 e. The van der Waals surface area contributed by atoms with Crippen molar-refractivity contribution < 1.29 is 57.5 Å². The van der Waals surface area contributed by atoms with E-state index in [1.54, 1.807) is 13.8 Å². The molecule has 2 atom stereocenters. The van der Waals surface area contributed by atoms with E-state index < -0.39 is 75.3 Å². The van der Waals surface area contributed by atoms with Gasteiger partial charge in [-0.1, -0.05) is 6.92 Å². The topological polar surface area (TPSA) is 107 Å². The smallest absolute Gasteiger partial charge is 0.416 e. The summed E-state index contributed by atoms with van der Waals surface area (Å²) in [5.74, 6) is -0.514. The summed E-state index contributed by atoms with van der Waals surface area (Å²) in [5, 5.41) is 9.37. The van der Waals surface area contributed by atoms with Gasteiger partial charge in [0.15, 0.2) is 0 Å². The lowest BCUT2D eigenvalue weighted by Gasteiger charge is -2.41. The number of alkyl halides is 9. The maximum absolute atomic E-state index is 13.8. The van der Waals surface area contributed by atoms with Gasteiger partial charge in [0.1, 0.15) is 9.84 Å². The van der Waals surface area contributed by atoms with E-state index in [4.69, 9.17) is 4.74 Å². The molecule has 2 heterocycles. The molecule has 1 amide bonds. The number of ether oxygens (including phenoxy) is 1. The van der Waals surface area contributed by atoms with E-state index in [1.807, 2.05) is 0 Å². The van der Waals surface area contributed by atoms with Crippen molar-refractivity contribution in [3.05, 3.63) is 64.2 Å². The fourth-order valence-corrected chi connectivity index (χ4v) is 6.20. The Morgan fingerprint density at radius 3 is 2.10 bits per heavy atom. The SMILES string of the molecule is CCOC(=O)N1c2ccc(C(F)(F)F)cc2[C@@H](NC2=NNN(CCCS(C)(=O)=O)N2Cc2cc(C(F)(F)F)cc(C(F)(F)F)c2)C[C@H]1CC. The maximum atomic E-state index is 13.8. The second-order valence-electron chi connectivity index (χ2n) is 11.4. The van der Waals surface area contributed by atoms with Gasteiger partial charge in [-0.25, -0.2) is 18.7 Å². The highest BCUT2D eigenvalue weighted by Crippen LogP contribution is 2.42. The predicted molar refractivity (Wildman–Crippen MR) is 159 cm³/mol. The van der Waals surface area contributed by atoms with E-state index in [-0.39, 0.29) is 55.0 Å². The summed E-state index contributed by atoms with van der Waals surface area (Å²) < 4.78 is 152. The first-order valence-corrected chi connectivity index (χ1v) is 17.0. The summed E-state index contributed by atoms with van der Waals surface area (Å²) >= 11 is 0. The van der Waals surface area contributed by atoms with Gasteiger partial charge in [-0.2, -0.15) is 39.5 Å². The molecule has 4 rings (SSSR count). The molecule has 0 spiro atoms. The van der Waals surface area contributed by atoms with E-state index in [2.05, 4.69) is 16.0 Å². The van der Waals surface area contributed by atoms with E-state index in [1.165, 1.54) is 10.0 Å². The molecule has 0 aromatic heterocycles. The van der Waals surface area contributed by atoms with Gasteiger partial charge in [0.2, 0.25) is 5.96 Å². The van der Waals surface area contributed by atoms with Crippen molar-refractivity contribution in [1.29, 1.82) is 0 Å². The number of fused-ring (bicyclic) bond motifs is 1. The standard InChI is InChI=1S/C29H33F9N6O4S/c1-4-21-15-23(22-14-18(27(30,31)32)7-8-24(22)44(21)26(45)48-5-2)39-25-40-41-43(9-6-10-49(3,46)47)42(25)16-17-11-19(28(33,34)35)13-20(12-17)29(36,37)38/h7-8,11-14,21,23,41H,4-6,9-10,15-16H2,1-3H3,(H,39,40)/t21-,23+/m1/s1. The number of rotatable bonds is 9. The Morgan fingerprint density at radius 2 is 1.57 bits per heavy atom. The zero-order valence-electron chi connectivity index (χ0n) is 26.3. The Hall–Kier alpha value is -3.94. The highest BCUT2D eigenvalue weighted by molar-refractivity contribution is 7.90. The fraction of sp³-hybridized carbons (Fsp3) is 0.517. The van der Waals surface area contributed by atoms with Crippen LogP contribution in [0.15, 0.2) is 41.5 Å². The number of hydrogen-bond acceptors (Lipinski definition) is 9. The predicted octanol–water partition coefficient (Wildman–Crippen LogP) is 6.46. The number of hydrazone groups is 1. The highest BCUT2D eigenvalue weighted by atomic mass is 32.2. The average Bonchev–Trinajstić information content (AvgIpc) is 3.34. The van der Waals surface area contributed by atoms with Gasteiger partial charge in [-0.05, 0) is 73.7 Å². The number of hydrazine groups is 2. The number of benzene rings is 2. The van der Waals surface area contributed by atoms with Crippen molar-refractivity contribution in [3.8, 4) is 0 Å². The molecule has 0 saturated heterocycles. The summed E-state index contributed by atoms with van der Waals surface area (Å²) in [6.45, 7) is 2.49. The van der Waals surface area contributed by atoms with Gasteiger partial charge in [-0.15, -0.1) is 10.2 Å². The molecule has 10 nitrogen and oxygen atoms in total. The Balaban J connectivity index is 1.76. The number of anilines is 1. The molecular formula is C29H33F9N6O4S. The van der Waals surface area contributed by atoms with Crippen molar-refractivity contribution in [1.82, 2.24) is 21.0 Å². The van der Waals surface area contributed by atoms with Crippen LogP contribution in [0.5, 0.6) is 0 Å². The fourth-order valence-electron chi connectivity index (χ4n) is 5.54. The van der Waals surface area contributed by atoms with Gasteiger partial charge in [0.25, 0.3) is 0 Å². The molecule has 0 saturated carbocycles. The van der Waals surface area contributed by atoms with Crippen molar-refractivity contribution in [3.63, 3.8) is 0 Å². The molecule has 2 N–H and O–H groups in total. The molecule has 0 bridgehead atoms. The van der Waals surface area contributed by atoms with Crippen LogP contribution in [-0.4, -0.2) is 61.8 Å². The highest BCUT2D eigenvalue weighted by Gasteiger charge is 2.41. The van der Waals surface area contributed by atoms with Gasteiger partial charge < -0.3 is 10.1 Å². The Bertz CT molecular complexity index is 1630. The van der Waals surface area contributed by atoms with Crippen LogP contribution in [-0.2, 0) is 39.6 Å². The van der Waals surface area contributed by atoms with Gasteiger partial charge in [0, 0.05) is 18.8 Å². The zero-order valence-corrected chi connectivity index (χ0v) is 27.1. The van der Waals surface area contributed by atoms with Crippen LogP contribution in [0.3, 0.4) is 0 Å². The molecule has 0 fully saturated rings. The number of nitrogens with one attached hydrogen (secondary N) is 2. The first-order chi connectivity index (χ1) is 22.6. The minimum atomic E-state index is -5.13. The molecule has 0 unspecified atom stereocenters. The quantitative estimate of drug-likeness (QED) is 0.283. The molecule has 2 aliphatic heterocycles. The van der Waals surface area contributed by atoms with Gasteiger partial charge >= 0.3 is 24.6 Å². The number of halogens is 9. The first-order valence-electron chi connectivity index (χ1n) is 14.9. The number of sulfone groups is 1. The van der Waals surface area contributed by atoms with Crippen molar-refractivity contribution in [2.45, 2.75) is 70.3 Å². The van der Waals surface area contributed by atoms with Crippen molar-refractivity contribution in [2.24, 2.45) is 5.10 Å². The first kappa shape index (κ1) is 37.9. The van der Waals surface area contributed by atoms with Crippen LogP contribution < -0.4 is 15.8 Å². The van der Waals surface area contributed by atoms with Crippen LogP contribution in [0.2, 0.25) is 0 Å². The number of amides is 1. The average molecular weight is 733 g/mol. The molecule has 0 aliphatic carbocycles. The molecule has 0 radical (unpaired) electrons. The zero-order chi connectivity index (χ0) is 36.5. The minimum absolute atomic E-state index is 0.00387. The number of carbonyl (C=O) groups is 1. The van der Waals surface area contributed by atoms with Crippen LogP contribution in [0.25, 0.3) is 0 Å². The number of carbonyl (C=O) groups excluding carboxylic acids is 1. The second kappa shape index (κ2) is 14.1. The Morgan fingerprint density at radius 1 is 0.959 bits per heavy atom. The Labute approximate surface area is 275 Å². The Kier molecular flexibility index (Phi) is 10.9. The number of nitrogens with zero attached hydrogens (tertiary/aromatic N) is 4. The molecule has 272 valence electrons. The molecule has 2 aliphatic rings. The summed E-state index contributed by atoms with van der Waals surface area (Å²) in [4.78, 5) is 14.2. The van der Waals surface area contributed by atoms with E-state index >= 15 is 0 Å². The summed E-state index contributed by atoms with van der Waals surface area (Å²) in [5.41, 5.74) is -1.96. The summed E-state index contributed by atoms with van der Waals surface area (Å²) in [7, 11) is -3.46. The third-order valence-corrected chi connectivity index (χ3v) is 8.80. The molecule has 20 heteroatoms. The monoisotopic (exact) mass is 732 g/mol. The normalized spacial score (nSPS) is 19.0. The second-order valence-corrected chi connectivity index (χ2v) is 13.7. The van der Waals surface area contributed by atoms with Crippen LogP contribution >= 0.6 is 0 Å². The van der Waals surface area contributed by atoms with Crippen LogP contribution in [0.1, 0.15) is 67.0 Å². The van der Waals surface area contributed by atoms with Crippen LogP contribution in [0.4, 0.5) is 50.0 Å². The molecule has 49 heavy (non-hydrogen) atoms. The van der Waals surface area contributed by atoms with Crippen molar-refractivity contribution >= 4 is 27.6 Å². The van der Waals surface area contributed by atoms with E-state index in [0.29, 0.717) is 18.6 Å². The lowest BCUT2D eigenvalue weighted by Crippen LogP contribution is -2.52. The lowest BCUT2D eigenvalue weighted by atomic mass is 9.89. The number of guanidine groups is 1. The largest absolute Gasteiger partial charge is 0.449 e. The third-order valence-electron chi connectivity index (χ3n) is 7.77. The van der Waals surface area contributed by atoms with Gasteiger partial charge in [0.05, 0.1) is 47.3 Å². The molecule has 2 aromatic rings. The van der Waals surface area contributed by atoms with Crippen molar-refractivity contribution in [2.75, 3.05) is 30.1 Å². The van der Waals surface area contributed by atoms with Gasteiger partial charge in [-0.3, -0.25) is 9.91 Å². The summed E-state index contributed by atoms with van der Waals surface area (Å²) in [6, 6.07) is 2.18. The van der Waals surface area contributed by atoms with E-state index in [9.17, 15) is 52.7 Å². The van der Waals surface area contributed by atoms with E-state index in [0.717, 1.165) is 29.5 Å². The number of hydrogen-bond donors (Lipinski definition) is 2.